The zero-order valence-electron chi connectivity index (χ0n) is 11.2. The van der Waals surface area contributed by atoms with Crippen LogP contribution >= 0.6 is 35.0 Å². The fourth-order valence-corrected chi connectivity index (χ4v) is 3.85. The lowest BCUT2D eigenvalue weighted by Crippen LogP contribution is -2.38. The molecule has 0 aliphatic carbocycles. The van der Waals surface area contributed by atoms with Crippen molar-refractivity contribution in [3.8, 4) is 0 Å². The molecule has 6 heteroatoms. The van der Waals surface area contributed by atoms with Crippen molar-refractivity contribution in [1.29, 1.82) is 0 Å². The van der Waals surface area contributed by atoms with Gasteiger partial charge in [-0.15, -0.1) is 0 Å². The van der Waals surface area contributed by atoms with Gasteiger partial charge < -0.3 is 10.2 Å². The van der Waals surface area contributed by atoms with Crippen molar-refractivity contribution in [3.05, 3.63) is 16.1 Å². The number of pyridine rings is 1. The Labute approximate surface area is 129 Å². The molecule has 1 atom stereocenters. The molecule has 1 aliphatic rings. The van der Waals surface area contributed by atoms with Gasteiger partial charge in [-0.2, -0.15) is 11.8 Å². The van der Waals surface area contributed by atoms with Crippen LogP contribution in [-0.2, 0) is 0 Å². The molecule has 0 saturated carbocycles. The average molecular weight is 320 g/mol. The molecule has 0 radical (unpaired) electrons. The summed E-state index contributed by atoms with van der Waals surface area (Å²) in [6.45, 7) is 7.03. The zero-order valence-corrected chi connectivity index (χ0v) is 13.6. The van der Waals surface area contributed by atoms with Gasteiger partial charge in [0.25, 0.3) is 0 Å². The molecule has 1 saturated heterocycles. The van der Waals surface area contributed by atoms with E-state index in [4.69, 9.17) is 23.2 Å². The van der Waals surface area contributed by atoms with Crippen molar-refractivity contribution < 1.29 is 0 Å². The van der Waals surface area contributed by atoms with Gasteiger partial charge >= 0.3 is 0 Å². The molecule has 1 N–H and O–H groups in total. The molecule has 2 rings (SSSR count). The van der Waals surface area contributed by atoms with Crippen molar-refractivity contribution in [3.63, 3.8) is 0 Å². The second-order valence-electron chi connectivity index (χ2n) is 4.50. The van der Waals surface area contributed by atoms with E-state index in [1.807, 2.05) is 18.7 Å². The molecular formula is C13H19Cl2N3S. The normalized spacial score (nSPS) is 19.6. The average Bonchev–Trinajstić information content (AvgIpc) is 2.42. The van der Waals surface area contributed by atoms with E-state index >= 15 is 0 Å². The summed E-state index contributed by atoms with van der Waals surface area (Å²) in [6, 6.07) is 1.78. The summed E-state index contributed by atoms with van der Waals surface area (Å²) < 4.78 is 0. The van der Waals surface area contributed by atoms with Crippen LogP contribution in [0.1, 0.15) is 20.3 Å². The largest absolute Gasteiger partial charge is 0.369 e. The zero-order chi connectivity index (χ0) is 13.8. The van der Waals surface area contributed by atoms with E-state index in [1.165, 1.54) is 6.42 Å². The Kier molecular flexibility index (Phi) is 5.48. The molecule has 19 heavy (non-hydrogen) atoms. The van der Waals surface area contributed by atoms with Gasteiger partial charge in [0.2, 0.25) is 0 Å². The summed E-state index contributed by atoms with van der Waals surface area (Å²) in [5.41, 5.74) is 0. The van der Waals surface area contributed by atoms with Crippen molar-refractivity contribution in [2.75, 3.05) is 35.6 Å². The van der Waals surface area contributed by atoms with Gasteiger partial charge in [-0.3, -0.25) is 0 Å². The van der Waals surface area contributed by atoms with E-state index in [0.29, 0.717) is 15.3 Å². The standard InChI is InChI=1S/C13H19Cl2N3S/c1-3-9-8-18(5-6-19-9)13-11(15)7-10(14)12(17-13)16-4-2/h7,9H,3-6,8H2,1-2H3,(H,16,17). The molecular weight excluding hydrogens is 301 g/mol. The highest BCUT2D eigenvalue weighted by Crippen LogP contribution is 2.34. The molecule has 106 valence electrons. The minimum atomic E-state index is 0.578. The van der Waals surface area contributed by atoms with Crippen LogP contribution in [0.3, 0.4) is 0 Å². The van der Waals surface area contributed by atoms with Crippen molar-refractivity contribution >= 4 is 46.6 Å². The highest BCUT2D eigenvalue weighted by molar-refractivity contribution is 8.00. The predicted molar refractivity (Wildman–Crippen MR) is 87.2 cm³/mol. The van der Waals surface area contributed by atoms with E-state index in [1.54, 1.807) is 6.07 Å². The second-order valence-corrected chi connectivity index (χ2v) is 6.72. The number of anilines is 2. The first-order chi connectivity index (χ1) is 9.15. The van der Waals surface area contributed by atoms with Gasteiger partial charge in [-0.25, -0.2) is 4.98 Å². The Morgan fingerprint density at radius 2 is 2.21 bits per heavy atom. The van der Waals surface area contributed by atoms with E-state index < -0.39 is 0 Å². The van der Waals surface area contributed by atoms with Crippen LogP contribution in [0.15, 0.2) is 6.07 Å². The monoisotopic (exact) mass is 319 g/mol. The first-order valence-corrected chi connectivity index (χ1v) is 8.42. The number of nitrogens with zero attached hydrogens (tertiary/aromatic N) is 2. The molecule has 0 amide bonds. The number of halogens is 2. The van der Waals surface area contributed by atoms with Crippen molar-refractivity contribution in [1.82, 2.24) is 4.98 Å². The molecule has 1 aromatic heterocycles. The lowest BCUT2D eigenvalue weighted by atomic mass is 10.3. The number of hydrogen-bond acceptors (Lipinski definition) is 4. The smallest absolute Gasteiger partial charge is 0.150 e. The van der Waals surface area contributed by atoms with Crippen LogP contribution in [0.4, 0.5) is 11.6 Å². The Morgan fingerprint density at radius 1 is 1.42 bits per heavy atom. The first kappa shape index (κ1) is 15.1. The van der Waals surface area contributed by atoms with E-state index in [2.05, 4.69) is 22.1 Å². The Balaban J connectivity index is 2.25. The van der Waals surface area contributed by atoms with Crippen molar-refractivity contribution in [2.45, 2.75) is 25.5 Å². The minimum absolute atomic E-state index is 0.578. The van der Waals surface area contributed by atoms with Gasteiger partial charge in [0.05, 0.1) is 10.0 Å². The van der Waals surface area contributed by atoms with Gasteiger partial charge in [0, 0.05) is 30.6 Å². The second kappa shape index (κ2) is 6.91. The molecule has 1 unspecified atom stereocenters. The lowest BCUT2D eigenvalue weighted by Gasteiger charge is -2.33. The van der Waals surface area contributed by atoms with Gasteiger partial charge in [0.15, 0.2) is 0 Å². The number of rotatable bonds is 4. The van der Waals surface area contributed by atoms with E-state index in [0.717, 1.165) is 37.0 Å². The first-order valence-electron chi connectivity index (χ1n) is 6.62. The topological polar surface area (TPSA) is 28.2 Å². The third kappa shape index (κ3) is 3.61. The molecule has 0 spiro atoms. The van der Waals surface area contributed by atoms with E-state index in [-0.39, 0.29) is 0 Å². The van der Waals surface area contributed by atoms with Crippen LogP contribution in [0.25, 0.3) is 0 Å². The highest BCUT2D eigenvalue weighted by Gasteiger charge is 2.22. The quantitative estimate of drug-likeness (QED) is 0.902. The SMILES string of the molecule is CCNc1nc(N2CCSC(CC)C2)c(Cl)cc1Cl. The van der Waals surface area contributed by atoms with Crippen LogP contribution < -0.4 is 10.2 Å². The van der Waals surface area contributed by atoms with Gasteiger partial charge in [-0.1, -0.05) is 30.1 Å². The number of hydrogen-bond donors (Lipinski definition) is 1. The third-order valence-corrected chi connectivity index (χ3v) is 5.09. The summed E-state index contributed by atoms with van der Waals surface area (Å²) >= 11 is 14.5. The van der Waals surface area contributed by atoms with Crippen LogP contribution in [0.2, 0.25) is 10.0 Å². The molecule has 0 aromatic carbocycles. The Bertz CT molecular complexity index is 442. The number of nitrogens with one attached hydrogen (secondary N) is 1. The Morgan fingerprint density at radius 3 is 2.89 bits per heavy atom. The van der Waals surface area contributed by atoms with E-state index in [9.17, 15) is 0 Å². The van der Waals surface area contributed by atoms with Crippen LogP contribution in [0.5, 0.6) is 0 Å². The number of aromatic nitrogens is 1. The third-order valence-electron chi connectivity index (χ3n) is 3.15. The van der Waals surface area contributed by atoms with Gasteiger partial charge in [-0.05, 0) is 19.4 Å². The van der Waals surface area contributed by atoms with Crippen molar-refractivity contribution in [2.24, 2.45) is 0 Å². The molecule has 2 heterocycles. The predicted octanol–water partition coefficient (Wildman–Crippen LogP) is 4.15. The maximum absolute atomic E-state index is 6.30. The lowest BCUT2D eigenvalue weighted by molar-refractivity contribution is 0.720. The molecule has 0 bridgehead atoms. The summed E-state index contributed by atoms with van der Waals surface area (Å²) in [7, 11) is 0. The fraction of sp³-hybridized carbons (Fsp3) is 0.615. The summed E-state index contributed by atoms with van der Waals surface area (Å²) in [5.74, 6) is 2.69. The van der Waals surface area contributed by atoms with Crippen LogP contribution in [-0.4, -0.2) is 35.6 Å². The maximum atomic E-state index is 6.30. The fourth-order valence-electron chi connectivity index (χ4n) is 2.13. The molecule has 3 nitrogen and oxygen atoms in total. The van der Waals surface area contributed by atoms with Gasteiger partial charge in [0.1, 0.15) is 11.6 Å². The summed E-state index contributed by atoms with van der Waals surface area (Å²) in [4.78, 5) is 6.86. The summed E-state index contributed by atoms with van der Waals surface area (Å²) in [5, 5.41) is 5.04. The molecule has 1 aliphatic heterocycles. The molecule has 1 fully saturated rings. The van der Waals surface area contributed by atoms with Crippen LogP contribution in [0, 0.1) is 0 Å². The molecule has 1 aromatic rings. The highest BCUT2D eigenvalue weighted by atomic mass is 35.5. The minimum Gasteiger partial charge on any atom is -0.369 e. The summed E-state index contributed by atoms with van der Waals surface area (Å²) in [6.07, 6.45) is 1.17. The number of thioether (sulfide) groups is 1. The maximum Gasteiger partial charge on any atom is 0.150 e. The Hall–Kier alpha value is -0.320.